The number of piperazine rings is 1. The minimum atomic E-state index is -0.426. The highest BCUT2D eigenvalue weighted by Gasteiger charge is 2.31. The van der Waals surface area contributed by atoms with E-state index in [1.807, 2.05) is 49.1 Å². The number of anilines is 1. The monoisotopic (exact) mass is 451 g/mol. The van der Waals surface area contributed by atoms with Crippen LogP contribution in [-0.2, 0) is 6.54 Å². The molecule has 2 heterocycles. The first-order chi connectivity index (χ1) is 15.9. The Morgan fingerprint density at radius 1 is 1.06 bits per heavy atom. The fourth-order valence-corrected chi connectivity index (χ4v) is 4.69. The van der Waals surface area contributed by atoms with Crippen molar-refractivity contribution >= 4 is 5.69 Å². The molecule has 1 N–H and O–H groups in total. The number of aryl methyl sites for hydroxylation is 1. The molecule has 0 bridgehead atoms. The molecule has 3 aromatic rings. The number of ether oxygens (including phenoxy) is 1. The summed E-state index contributed by atoms with van der Waals surface area (Å²) in [6, 6.07) is 15.6. The number of rotatable bonds is 6. The van der Waals surface area contributed by atoms with Crippen LogP contribution in [0.5, 0.6) is 11.5 Å². The van der Waals surface area contributed by atoms with Crippen LogP contribution in [0, 0.1) is 12.7 Å². The molecule has 174 valence electrons. The molecule has 0 aliphatic carbocycles. The molecule has 0 spiro atoms. The lowest BCUT2D eigenvalue weighted by Gasteiger charge is -2.40. The first-order valence-electron chi connectivity index (χ1n) is 11.2. The van der Waals surface area contributed by atoms with Crippen LogP contribution in [0.3, 0.4) is 0 Å². The molecular formula is C26H30FN3O3. The molecule has 1 aliphatic rings. The Hall–Kier alpha value is -3.32. The Labute approximate surface area is 193 Å². The number of hydrogen-bond donors (Lipinski definition) is 1. The zero-order valence-electron chi connectivity index (χ0n) is 19.3. The molecule has 1 aromatic heterocycles. The van der Waals surface area contributed by atoms with Crippen LogP contribution in [0.4, 0.5) is 10.1 Å². The number of benzene rings is 2. The fourth-order valence-electron chi connectivity index (χ4n) is 4.69. The third-order valence-corrected chi connectivity index (χ3v) is 6.42. The third kappa shape index (κ3) is 4.46. The van der Waals surface area contributed by atoms with Gasteiger partial charge >= 0.3 is 0 Å². The first-order valence-corrected chi connectivity index (χ1v) is 11.2. The van der Waals surface area contributed by atoms with E-state index in [2.05, 4.69) is 4.90 Å². The van der Waals surface area contributed by atoms with Crippen LogP contribution in [0.1, 0.15) is 29.8 Å². The Kier molecular flexibility index (Phi) is 6.70. The highest BCUT2D eigenvalue weighted by Crippen LogP contribution is 2.34. The summed E-state index contributed by atoms with van der Waals surface area (Å²) < 4.78 is 21.3. The summed E-state index contributed by atoms with van der Waals surface area (Å²) in [5, 5.41) is 10.9. The molecule has 33 heavy (non-hydrogen) atoms. The van der Waals surface area contributed by atoms with E-state index in [1.54, 1.807) is 29.9 Å². The van der Waals surface area contributed by atoms with Gasteiger partial charge in [0.2, 0.25) is 0 Å². The number of para-hydroxylation sites is 1. The zero-order chi connectivity index (χ0) is 23.5. The summed E-state index contributed by atoms with van der Waals surface area (Å²) in [6.45, 7) is 6.72. The molecule has 1 aliphatic heterocycles. The second kappa shape index (κ2) is 9.67. The van der Waals surface area contributed by atoms with E-state index in [0.717, 1.165) is 17.0 Å². The van der Waals surface area contributed by atoms with E-state index in [-0.39, 0.29) is 17.1 Å². The highest BCUT2D eigenvalue weighted by atomic mass is 19.1. The molecule has 1 saturated heterocycles. The lowest BCUT2D eigenvalue weighted by molar-refractivity contribution is 0.207. The highest BCUT2D eigenvalue weighted by molar-refractivity contribution is 5.48. The average Bonchev–Trinajstić information content (AvgIpc) is 2.82. The zero-order valence-corrected chi connectivity index (χ0v) is 19.3. The van der Waals surface area contributed by atoms with E-state index < -0.39 is 6.04 Å². The predicted octanol–water partition coefficient (Wildman–Crippen LogP) is 3.94. The molecule has 0 radical (unpaired) electrons. The van der Waals surface area contributed by atoms with Crippen LogP contribution in [0.15, 0.2) is 59.4 Å². The van der Waals surface area contributed by atoms with E-state index in [0.29, 0.717) is 44.0 Å². The summed E-state index contributed by atoms with van der Waals surface area (Å²) in [5.74, 6) is 0.486. The number of nitrogens with zero attached hydrogens (tertiary/aromatic N) is 3. The third-order valence-electron chi connectivity index (χ3n) is 6.42. The molecule has 0 amide bonds. The summed E-state index contributed by atoms with van der Waals surface area (Å²) in [5.41, 5.74) is 2.39. The van der Waals surface area contributed by atoms with Crippen LogP contribution in [0.2, 0.25) is 0 Å². The van der Waals surface area contributed by atoms with E-state index in [9.17, 15) is 14.3 Å². The van der Waals surface area contributed by atoms with Crippen molar-refractivity contribution in [3.63, 3.8) is 0 Å². The Bertz CT molecular complexity index is 1170. The van der Waals surface area contributed by atoms with Gasteiger partial charge in [-0.05, 0) is 49.7 Å². The molecule has 1 unspecified atom stereocenters. The van der Waals surface area contributed by atoms with Crippen molar-refractivity contribution in [1.82, 2.24) is 9.47 Å². The van der Waals surface area contributed by atoms with Gasteiger partial charge in [-0.25, -0.2) is 4.39 Å². The molecular weight excluding hydrogens is 421 g/mol. The quantitative estimate of drug-likeness (QED) is 0.615. The average molecular weight is 452 g/mol. The Balaban J connectivity index is 1.72. The van der Waals surface area contributed by atoms with Gasteiger partial charge in [0.15, 0.2) is 0 Å². The predicted molar refractivity (Wildman–Crippen MR) is 128 cm³/mol. The van der Waals surface area contributed by atoms with Gasteiger partial charge in [0, 0.05) is 38.4 Å². The minimum Gasteiger partial charge on any atom is -0.507 e. The molecule has 1 atom stereocenters. The smallest absolute Gasteiger partial charge is 0.259 e. The maximum absolute atomic E-state index is 14.3. The number of halogens is 1. The molecule has 7 heteroatoms. The van der Waals surface area contributed by atoms with Crippen molar-refractivity contribution in [2.24, 2.45) is 0 Å². The lowest BCUT2D eigenvalue weighted by Crippen LogP contribution is -2.49. The van der Waals surface area contributed by atoms with Gasteiger partial charge in [0.05, 0.1) is 24.4 Å². The van der Waals surface area contributed by atoms with E-state index in [4.69, 9.17) is 4.74 Å². The van der Waals surface area contributed by atoms with Crippen LogP contribution in [-0.4, -0.2) is 47.9 Å². The van der Waals surface area contributed by atoms with Crippen molar-refractivity contribution in [2.45, 2.75) is 26.4 Å². The standard InChI is InChI=1S/C26H30FN3O3/c1-4-30-18(2)17-23(31)24(26(30)32)25(19-9-11-20(33-3)12-10-19)29-15-13-28(14-16-29)22-8-6-5-7-21(22)27/h5-12,17,25,31H,4,13-16H2,1-3H3. The number of hydrogen-bond acceptors (Lipinski definition) is 5. The fraction of sp³-hybridized carbons (Fsp3) is 0.346. The minimum absolute atomic E-state index is 0.000415. The van der Waals surface area contributed by atoms with Gasteiger partial charge < -0.3 is 19.3 Å². The maximum atomic E-state index is 14.3. The largest absolute Gasteiger partial charge is 0.507 e. The Morgan fingerprint density at radius 3 is 2.33 bits per heavy atom. The molecule has 6 nitrogen and oxygen atoms in total. The number of pyridine rings is 1. The molecule has 2 aromatic carbocycles. The second-order valence-corrected chi connectivity index (χ2v) is 8.28. The summed E-state index contributed by atoms with van der Waals surface area (Å²) >= 11 is 0. The molecule has 1 fully saturated rings. The van der Waals surface area contributed by atoms with E-state index in [1.165, 1.54) is 6.07 Å². The number of methoxy groups -OCH3 is 1. The van der Waals surface area contributed by atoms with Crippen LogP contribution < -0.4 is 15.2 Å². The second-order valence-electron chi connectivity index (χ2n) is 8.28. The van der Waals surface area contributed by atoms with Crippen molar-refractivity contribution in [3.05, 3.63) is 87.6 Å². The number of aromatic hydroxyl groups is 1. The summed E-state index contributed by atoms with van der Waals surface area (Å²) in [6.07, 6.45) is 0. The van der Waals surface area contributed by atoms with Gasteiger partial charge in [0.25, 0.3) is 5.56 Å². The summed E-state index contributed by atoms with van der Waals surface area (Å²) in [4.78, 5) is 17.7. The van der Waals surface area contributed by atoms with Crippen molar-refractivity contribution in [2.75, 3.05) is 38.2 Å². The van der Waals surface area contributed by atoms with Gasteiger partial charge in [-0.1, -0.05) is 24.3 Å². The SMILES string of the molecule is CCn1c(C)cc(O)c(C(c2ccc(OC)cc2)N2CCN(c3ccccc3F)CC2)c1=O. The van der Waals surface area contributed by atoms with Gasteiger partial charge in [-0.3, -0.25) is 9.69 Å². The molecule has 0 saturated carbocycles. The van der Waals surface area contributed by atoms with Crippen molar-refractivity contribution < 1.29 is 14.2 Å². The first kappa shape index (κ1) is 22.9. The van der Waals surface area contributed by atoms with Crippen LogP contribution >= 0.6 is 0 Å². The maximum Gasteiger partial charge on any atom is 0.259 e. The topological polar surface area (TPSA) is 57.9 Å². The molecule has 4 rings (SSSR count). The number of aromatic nitrogens is 1. The van der Waals surface area contributed by atoms with Crippen LogP contribution in [0.25, 0.3) is 0 Å². The van der Waals surface area contributed by atoms with Gasteiger partial charge in [-0.2, -0.15) is 0 Å². The Morgan fingerprint density at radius 2 is 1.73 bits per heavy atom. The van der Waals surface area contributed by atoms with Gasteiger partial charge in [0.1, 0.15) is 17.3 Å². The van der Waals surface area contributed by atoms with Crippen molar-refractivity contribution in [1.29, 1.82) is 0 Å². The lowest BCUT2D eigenvalue weighted by atomic mass is 9.95. The normalized spacial score (nSPS) is 15.5. The summed E-state index contributed by atoms with van der Waals surface area (Å²) in [7, 11) is 1.61. The van der Waals surface area contributed by atoms with E-state index >= 15 is 0 Å². The van der Waals surface area contributed by atoms with Gasteiger partial charge in [-0.15, -0.1) is 0 Å². The van der Waals surface area contributed by atoms with Crippen molar-refractivity contribution in [3.8, 4) is 11.5 Å².